The zero-order valence-electron chi connectivity index (χ0n) is 18.0. The second kappa shape index (κ2) is 13.2. The molecule has 164 valence electrons. The highest BCUT2D eigenvalue weighted by Gasteiger charge is 2.46. The number of aryl methyl sites for hydroxylation is 1. The molecule has 1 saturated carbocycles. The number of aliphatic carboxylic acids is 2. The lowest BCUT2D eigenvalue weighted by atomic mass is 9.67. The van der Waals surface area contributed by atoms with Crippen molar-refractivity contribution < 1.29 is 24.9 Å². The molecule has 2 unspecified atom stereocenters. The van der Waals surface area contributed by atoms with Crippen LogP contribution in [0.1, 0.15) is 90.0 Å². The highest BCUT2D eigenvalue weighted by Crippen LogP contribution is 2.41. The fourth-order valence-corrected chi connectivity index (χ4v) is 3.93. The molecule has 0 saturated heterocycles. The van der Waals surface area contributed by atoms with Gasteiger partial charge in [0.15, 0.2) is 0 Å². The van der Waals surface area contributed by atoms with Crippen molar-refractivity contribution in [3.63, 3.8) is 0 Å². The summed E-state index contributed by atoms with van der Waals surface area (Å²) in [4.78, 5) is 21.7. The Hall–Kier alpha value is -2.04. The Morgan fingerprint density at radius 2 is 1.55 bits per heavy atom. The normalized spacial score (nSPS) is 21.1. The van der Waals surface area contributed by atoms with Gasteiger partial charge in [0, 0.05) is 0 Å². The van der Waals surface area contributed by atoms with E-state index >= 15 is 0 Å². The van der Waals surface area contributed by atoms with Crippen molar-refractivity contribution in [2.24, 2.45) is 11.3 Å². The number of carboxylic acids is 2. The van der Waals surface area contributed by atoms with Gasteiger partial charge < -0.3 is 15.3 Å². The Morgan fingerprint density at radius 3 is 2.07 bits per heavy atom. The van der Waals surface area contributed by atoms with Crippen molar-refractivity contribution in [1.29, 1.82) is 0 Å². The summed E-state index contributed by atoms with van der Waals surface area (Å²) in [7, 11) is 0. The predicted molar refractivity (Wildman–Crippen MR) is 115 cm³/mol. The maximum atomic E-state index is 10.9. The topological polar surface area (TPSA) is 94.8 Å². The summed E-state index contributed by atoms with van der Waals surface area (Å²) in [5.74, 6) is -2.33. The molecule has 1 fully saturated rings. The van der Waals surface area contributed by atoms with Gasteiger partial charge in [-0.15, -0.1) is 0 Å². The van der Waals surface area contributed by atoms with Crippen molar-refractivity contribution in [1.82, 2.24) is 0 Å². The summed E-state index contributed by atoms with van der Waals surface area (Å²) in [5, 5.41) is 27.0. The summed E-state index contributed by atoms with van der Waals surface area (Å²) >= 11 is 0. The van der Waals surface area contributed by atoms with E-state index in [4.69, 9.17) is 15.3 Å². The van der Waals surface area contributed by atoms with E-state index in [1.54, 1.807) is 12.1 Å². The van der Waals surface area contributed by atoms with Crippen LogP contribution < -0.4 is 0 Å². The van der Waals surface area contributed by atoms with Crippen LogP contribution in [0.3, 0.4) is 0 Å². The van der Waals surface area contributed by atoms with Gasteiger partial charge in [-0.25, -0.2) is 0 Å². The number of aromatic hydroxyl groups is 1. The Bertz CT molecular complexity index is 610. The van der Waals surface area contributed by atoms with Crippen LogP contribution in [0.15, 0.2) is 24.3 Å². The second-order valence-electron chi connectivity index (χ2n) is 8.40. The summed E-state index contributed by atoms with van der Waals surface area (Å²) in [6.45, 7) is 3.79. The minimum Gasteiger partial charge on any atom is -0.508 e. The maximum absolute atomic E-state index is 10.9. The molecule has 0 heterocycles. The van der Waals surface area contributed by atoms with Gasteiger partial charge in [-0.3, -0.25) is 9.59 Å². The number of hydrogen-bond acceptors (Lipinski definition) is 3. The van der Waals surface area contributed by atoms with E-state index < -0.39 is 23.3 Å². The van der Waals surface area contributed by atoms with Crippen molar-refractivity contribution in [2.45, 2.75) is 90.9 Å². The van der Waals surface area contributed by atoms with Crippen molar-refractivity contribution in [3.8, 4) is 5.75 Å². The van der Waals surface area contributed by atoms with E-state index in [-0.39, 0.29) is 0 Å². The molecule has 0 aromatic heterocycles. The monoisotopic (exact) mass is 406 g/mol. The third-order valence-electron chi connectivity index (χ3n) is 6.00. The van der Waals surface area contributed by atoms with Crippen molar-refractivity contribution in [3.05, 3.63) is 29.8 Å². The number of carbonyl (C=O) groups is 2. The Labute approximate surface area is 175 Å². The molecular formula is C24H38O5. The van der Waals surface area contributed by atoms with Crippen LogP contribution in [0.5, 0.6) is 5.75 Å². The molecule has 2 rings (SSSR count). The summed E-state index contributed by atoms with van der Waals surface area (Å²) in [6, 6.07) is 7.59. The van der Waals surface area contributed by atoms with Gasteiger partial charge >= 0.3 is 11.9 Å². The molecule has 0 radical (unpaired) electrons. The summed E-state index contributed by atoms with van der Waals surface area (Å²) in [5.41, 5.74) is 0.274. The van der Waals surface area contributed by atoms with Gasteiger partial charge in [0.25, 0.3) is 0 Å². The van der Waals surface area contributed by atoms with Crippen molar-refractivity contribution >= 4 is 11.9 Å². The summed E-state index contributed by atoms with van der Waals surface area (Å²) in [6.07, 6.45) is 13.2. The average molecular weight is 407 g/mol. The number of unbranched alkanes of at least 4 members (excludes halogenated alkanes) is 6. The molecule has 0 amide bonds. The molecule has 3 N–H and O–H groups in total. The number of hydrogen-bond donors (Lipinski definition) is 3. The maximum Gasteiger partial charge on any atom is 0.310 e. The number of rotatable bonds is 10. The third-order valence-corrected chi connectivity index (χ3v) is 6.00. The van der Waals surface area contributed by atoms with Gasteiger partial charge in [0.05, 0.1) is 11.3 Å². The van der Waals surface area contributed by atoms with Gasteiger partial charge in [-0.05, 0) is 50.3 Å². The first-order valence-electron chi connectivity index (χ1n) is 11.1. The minimum atomic E-state index is -1.07. The second-order valence-corrected chi connectivity index (χ2v) is 8.40. The van der Waals surface area contributed by atoms with Crippen LogP contribution in [0.4, 0.5) is 0 Å². The molecule has 29 heavy (non-hydrogen) atoms. The van der Waals surface area contributed by atoms with Gasteiger partial charge in [0.2, 0.25) is 0 Å². The number of phenolic OH excluding ortho intramolecular Hbond substituents is 1. The van der Waals surface area contributed by atoms with E-state index in [9.17, 15) is 9.59 Å². The predicted octanol–water partition coefficient (Wildman–Crippen LogP) is 6.04. The van der Waals surface area contributed by atoms with E-state index in [0.717, 1.165) is 19.3 Å². The molecular weight excluding hydrogens is 368 g/mol. The van der Waals surface area contributed by atoms with Crippen LogP contribution in [0.2, 0.25) is 0 Å². The number of carboxylic acid groups (broad SMARTS) is 2. The van der Waals surface area contributed by atoms with Crippen LogP contribution in [-0.2, 0) is 16.0 Å². The zero-order valence-corrected chi connectivity index (χ0v) is 18.0. The minimum absolute atomic E-state index is 0.364. The molecule has 5 heteroatoms. The zero-order chi connectivity index (χ0) is 21.7. The quantitative estimate of drug-likeness (QED) is 0.412. The van der Waals surface area contributed by atoms with E-state index in [1.807, 2.05) is 12.1 Å². The molecule has 1 aromatic rings. The smallest absolute Gasteiger partial charge is 0.310 e. The standard InChI is InChI=1S/C15H24O.C9H14O4/c1-2-3-4-5-6-7-8-9-14-10-12-15(16)13-11-14;1-9(8(12)13)5-3-2-4-6(9)7(10)11/h10-13,16H,2-9H2,1H3;6H,2-5H2,1H3,(H,10,11)(H,12,13). The molecule has 0 aliphatic heterocycles. The summed E-state index contributed by atoms with van der Waals surface area (Å²) < 4.78 is 0. The Balaban J connectivity index is 0.000000296. The van der Waals surface area contributed by atoms with E-state index in [2.05, 4.69) is 6.92 Å². The molecule has 1 aliphatic carbocycles. The van der Waals surface area contributed by atoms with Gasteiger partial charge in [0.1, 0.15) is 5.75 Å². The third kappa shape index (κ3) is 8.88. The first-order chi connectivity index (χ1) is 13.8. The lowest BCUT2D eigenvalue weighted by Crippen LogP contribution is -2.42. The number of phenols is 1. The molecule has 0 bridgehead atoms. The van der Waals surface area contributed by atoms with Crippen LogP contribution in [0.25, 0.3) is 0 Å². The van der Waals surface area contributed by atoms with Crippen LogP contribution in [0, 0.1) is 11.3 Å². The lowest BCUT2D eigenvalue weighted by molar-refractivity contribution is -0.164. The average Bonchev–Trinajstić information content (AvgIpc) is 2.69. The fourth-order valence-electron chi connectivity index (χ4n) is 3.93. The SMILES string of the molecule is CC1(C(=O)O)CCCCC1C(=O)O.CCCCCCCCCc1ccc(O)cc1. The van der Waals surface area contributed by atoms with Gasteiger partial charge in [-0.1, -0.05) is 70.4 Å². The molecule has 1 aromatic carbocycles. The highest BCUT2D eigenvalue weighted by atomic mass is 16.4. The first kappa shape index (κ1) is 25.0. The Kier molecular flexibility index (Phi) is 11.4. The molecule has 5 nitrogen and oxygen atoms in total. The highest BCUT2D eigenvalue weighted by molar-refractivity contribution is 5.83. The number of benzene rings is 1. The van der Waals surface area contributed by atoms with Gasteiger partial charge in [-0.2, -0.15) is 0 Å². The Morgan fingerprint density at radius 1 is 0.966 bits per heavy atom. The van der Waals surface area contributed by atoms with Crippen molar-refractivity contribution in [2.75, 3.05) is 0 Å². The molecule has 0 spiro atoms. The largest absolute Gasteiger partial charge is 0.508 e. The van der Waals surface area contributed by atoms with E-state index in [0.29, 0.717) is 18.6 Å². The van der Waals surface area contributed by atoms with E-state index in [1.165, 1.54) is 57.4 Å². The first-order valence-corrected chi connectivity index (χ1v) is 11.1. The molecule has 1 aliphatic rings. The lowest BCUT2D eigenvalue weighted by Gasteiger charge is -2.34. The molecule has 2 atom stereocenters. The fraction of sp³-hybridized carbons (Fsp3) is 0.667. The van der Waals surface area contributed by atoms with Crippen LogP contribution >= 0.6 is 0 Å². The van der Waals surface area contributed by atoms with Crippen LogP contribution in [-0.4, -0.2) is 27.3 Å².